The zero-order valence-corrected chi connectivity index (χ0v) is 12.7. The highest BCUT2D eigenvalue weighted by molar-refractivity contribution is 7.10. The van der Waals surface area contributed by atoms with E-state index >= 15 is 0 Å². The number of amides is 1. The molecule has 0 spiro atoms. The van der Waals surface area contributed by atoms with Crippen LogP contribution in [0.3, 0.4) is 0 Å². The molecule has 2 aliphatic rings. The fourth-order valence-electron chi connectivity index (χ4n) is 3.44. The van der Waals surface area contributed by atoms with Crippen LogP contribution < -0.4 is 0 Å². The van der Waals surface area contributed by atoms with Gasteiger partial charge in [0, 0.05) is 24.2 Å². The predicted octanol–water partition coefficient (Wildman–Crippen LogP) is 2.80. The molecule has 22 heavy (non-hydrogen) atoms. The Balaban J connectivity index is 1.68. The molecule has 0 saturated carbocycles. The first kappa shape index (κ1) is 13.5. The van der Waals surface area contributed by atoms with Crippen LogP contribution in [0.2, 0.25) is 0 Å². The Morgan fingerprint density at radius 3 is 2.95 bits per heavy atom. The highest BCUT2D eigenvalue weighted by Crippen LogP contribution is 2.42. The minimum absolute atomic E-state index is 0.198. The molecule has 2 aromatic heterocycles. The lowest BCUT2D eigenvalue weighted by molar-refractivity contribution is 0.121. The van der Waals surface area contributed by atoms with E-state index in [2.05, 4.69) is 27.6 Å². The van der Waals surface area contributed by atoms with Gasteiger partial charge in [0.25, 0.3) is 0 Å². The minimum Gasteiger partial charge on any atom is -0.465 e. The van der Waals surface area contributed by atoms with Crippen LogP contribution in [0.25, 0.3) is 12.3 Å². The van der Waals surface area contributed by atoms with Crippen LogP contribution in [0.4, 0.5) is 4.79 Å². The number of thiophene rings is 1. The molecule has 2 aromatic rings. The molecule has 1 N–H and O–H groups in total. The molecule has 4 rings (SSSR count). The Labute approximate surface area is 131 Å². The first-order valence-corrected chi connectivity index (χ1v) is 8.25. The second-order valence-corrected chi connectivity index (χ2v) is 6.65. The van der Waals surface area contributed by atoms with Gasteiger partial charge in [-0.25, -0.2) is 14.5 Å². The van der Waals surface area contributed by atoms with Crippen molar-refractivity contribution in [3.8, 4) is 0 Å². The Hall–Kier alpha value is -2.15. The standard InChI is InChI=1S/C15H16N4O2S/c20-15(21)18-5-1-10(2-6-18)12-13-11(4-8-22-13)3-7-19-14(12)16-9-17-19/h3-4,7-10,12H,1-2,5-6H2,(H,20,21). The van der Waals surface area contributed by atoms with E-state index in [0.717, 1.165) is 18.7 Å². The molecule has 0 bridgehead atoms. The second-order valence-electron chi connectivity index (χ2n) is 5.70. The van der Waals surface area contributed by atoms with Gasteiger partial charge in [-0.05, 0) is 41.8 Å². The summed E-state index contributed by atoms with van der Waals surface area (Å²) in [5.41, 5.74) is 1.22. The van der Waals surface area contributed by atoms with E-state index in [-0.39, 0.29) is 5.92 Å². The molecule has 4 heterocycles. The van der Waals surface area contributed by atoms with Crippen molar-refractivity contribution in [2.75, 3.05) is 13.1 Å². The fourth-order valence-corrected chi connectivity index (χ4v) is 4.51. The number of aromatic nitrogens is 3. The minimum atomic E-state index is -0.819. The number of likely N-dealkylation sites (tertiary alicyclic amines) is 1. The van der Waals surface area contributed by atoms with Gasteiger partial charge in [-0.15, -0.1) is 11.3 Å². The van der Waals surface area contributed by atoms with Crippen LogP contribution in [-0.4, -0.2) is 44.0 Å². The number of nitrogens with zero attached hydrogens (tertiary/aromatic N) is 4. The van der Waals surface area contributed by atoms with Crippen molar-refractivity contribution < 1.29 is 9.90 Å². The first-order valence-electron chi connectivity index (χ1n) is 7.37. The summed E-state index contributed by atoms with van der Waals surface area (Å²) >= 11 is 1.75. The zero-order valence-electron chi connectivity index (χ0n) is 11.9. The molecule has 7 heteroatoms. The molecule has 2 aliphatic heterocycles. The SMILES string of the molecule is O=C(O)N1CCC(C2c3sccc3C=Cn3ncnc32)CC1. The maximum absolute atomic E-state index is 11.1. The molecule has 1 atom stereocenters. The lowest BCUT2D eigenvalue weighted by Gasteiger charge is -2.34. The largest absolute Gasteiger partial charge is 0.465 e. The fraction of sp³-hybridized carbons (Fsp3) is 0.400. The number of piperidine rings is 1. The van der Waals surface area contributed by atoms with Crippen molar-refractivity contribution in [1.29, 1.82) is 0 Å². The summed E-state index contributed by atoms with van der Waals surface area (Å²) in [7, 11) is 0. The molecule has 6 nitrogen and oxygen atoms in total. The maximum Gasteiger partial charge on any atom is 0.407 e. The summed E-state index contributed by atoms with van der Waals surface area (Å²) < 4.78 is 1.85. The predicted molar refractivity (Wildman–Crippen MR) is 83.7 cm³/mol. The second kappa shape index (κ2) is 5.24. The van der Waals surface area contributed by atoms with Crippen molar-refractivity contribution >= 4 is 29.7 Å². The lowest BCUT2D eigenvalue weighted by Crippen LogP contribution is -2.39. The van der Waals surface area contributed by atoms with E-state index in [1.165, 1.54) is 15.3 Å². The van der Waals surface area contributed by atoms with Gasteiger partial charge in [0.1, 0.15) is 12.2 Å². The van der Waals surface area contributed by atoms with Crippen LogP contribution in [0, 0.1) is 5.92 Å². The quantitative estimate of drug-likeness (QED) is 0.878. The smallest absolute Gasteiger partial charge is 0.407 e. The average molecular weight is 316 g/mol. The summed E-state index contributed by atoms with van der Waals surface area (Å²) in [6, 6.07) is 2.13. The molecule has 1 saturated heterocycles. The van der Waals surface area contributed by atoms with Crippen molar-refractivity contribution in [2.24, 2.45) is 5.92 Å². The molecule has 1 fully saturated rings. The van der Waals surface area contributed by atoms with Crippen molar-refractivity contribution in [1.82, 2.24) is 19.7 Å². The normalized spacial score (nSPS) is 21.3. The molecule has 0 aromatic carbocycles. The summed E-state index contributed by atoms with van der Waals surface area (Å²) in [5, 5.41) is 15.5. The van der Waals surface area contributed by atoms with Gasteiger partial charge in [-0.2, -0.15) is 5.10 Å². The van der Waals surface area contributed by atoms with E-state index in [0.29, 0.717) is 19.0 Å². The van der Waals surface area contributed by atoms with Crippen molar-refractivity contribution in [3.05, 3.63) is 34.0 Å². The van der Waals surface area contributed by atoms with Crippen LogP contribution in [0.15, 0.2) is 17.8 Å². The average Bonchev–Trinajstić information content (AvgIpc) is 3.14. The Morgan fingerprint density at radius 1 is 1.36 bits per heavy atom. The van der Waals surface area contributed by atoms with Gasteiger partial charge in [-0.1, -0.05) is 0 Å². The van der Waals surface area contributed by atoms with E-state index in [1.807, 2.05) is 10.9 Å². The zero-order chi connectivity index (χ0) is 15.1. The van der Waals surface area contributed by atoms with Gasteiger partial charge in [0.15, 0.2) is 0 Å². The summed E-state index contributed by atoms with van der Waals surface area (Å²) in [6.07, 6.45) is 6.54. The molecule has 0 aliphatic carbocycles. The van der Waals surface area contributed by atoms with Gasteiger partial charge < -0.3 is 10.0 Å². The number of carbonyl (C=O) groups is 1. The van der Waals surface area contributed by atoms with Gasteiger partial charge in [0.2, 0.25) is 0 Å². The number of hydrogen-bond donors (Lipinski definition) is 1. The van der Waals surface area contributed by atoms with E-state index in [9.17, 15) is 4.79 Å². The Kier molecular flexibility index (Phi) is 3.22. The number of fused-ring (bicyclic) bond motifs is 2. The topological polar surface area (TPSA) is 71.2 Å². The van der Waals surface area contributed by atoms with Crippen molar-refractivity contribution in [3.63, 3.8) is 0 Å². The lowest BCUT2D eigenvalue weighted by atomic mass is 9.82. The van der Waals surface area contributed by atoms with E-state index in [1.54, 1.807) is 17.7 Å². The van der Waals surface area contributed by atoms with Crippen LogP contribution in [0.5, 0.6) is 0 Å². The molecular weight excluding hydrogens is 300 g/mol. The molecule has 114 valence electrons. The third kappa shape index (κ3) is 2.12. The van der Waals surface area contributed by atoms with Gasteiger partial charge in [-0.3, -0.25) is 0 Å². The molecule has 1 amide bonds. The highest BCUT2D eigenvalue weighted by Gasteiger charge is 2.35. The molecule has 0 radical (unpaired) electrons. The van der Waals surface area contributed by atoms with Crippen LogP contribution in [-0.2, 0) is 0 Å². The third-order valence-corrected chi connectivity index (χ3v) is 5.58. The van der Waals surface area contributed by atoms with Gasteiger partial charge >= 0.3 is 6.09 Å². The van der Waals surface area contributed by atoms with E-state index < -0.39 is 6.09 Å². The number of rotatable bonds is 1. The number of carboxylic acid groups (broad SMARTS) is 1. The van der Waals surface area contributed by atoms with Crippen molar-refractivity contribution in [2.45, 2.75) is 18.8 Å². The Bertz CT molecular complexity index is 683. The third-order valence-electron chi connectivity index (χ3n) is 4.57. The first-order chi connectivity index (χ1) is 10.7. The summed E-state index contributed by atoms with van der Waals surface area (Å²) in [5.74, 6) is 1.56. The Morgan fingerprint density at radius 2 is 2.18 bits per heavy atom. The maximum atomic E-state index is 11.1. The summed E-state index contributed by atoms with van der Waals surface area (Å²) in [4.78, 5) is 18.4. The number of hydrogen-bond acceptors (Lipinski definition) is 4. The summed E-state index contributed by atoms with van der Waals surface area (Å²) in [6.45, 7) is 1.19. The van der Waals surface area contributed by atoms with Gasteiger partial charge in [0.05, 0.1) is 5.92 Å². The molecule has 1 unspecified atom stereocenters. The van der Waals surface area contributed by atoms with Crippen LogP contribution in [0.1, 0.15) is 35.0 Å². The highest BCUT2D eigenvalue weighted by atomic mass is 32.1. The van der Waals surface area contributed by atoms with Crippen LogP contribution >= 0.6 is 11.3 Å². The molecular formula is C15H16N4O2S. The van der Waals surface area contributed by atoms with E-state index in [4.69, 9.17) is 5.11 Å². The monoisotopic (exact) mass is 316 g/mol.